The molecule has 2 heteroatoms. The summed E-state index contributed by atoms with van der Waals surface area (Å²) in [6.07, 6.45) is 4.80. The van der Waals surface area contributed by atoms with Gasteiger partial charge in [0.1, 0.15) is 5.75 Å². The van der Waals surface area contributed by atoms with Gasteiger partial charge in [0.25, 0.3) is 0 Å². The fourth-order valence-corrected chi connectivity index (χ4v) is 1.94. The largest absolute Gasteiger partial charge is 0.496 e. The van der Waals surface area contributed by atoms with Gasteiger partial charge in [0, 0.05) is 6.04 Å². The minimum absolute atomic E-state index is 0.552. The summed E-state index contributed by atoms with van der Waals surface area (Å²) in [7, 11) is 3.77. The van der Waals surface area contributed by atoms with E-state index < -0.39 is 0 Å². The minimum Gasteiger partial charge on any atom is -0.496 e. The summed E-state index contributed by atoms with van der Waals surface area (Å²) < 4.78 is 5.37. The molecule has 0 heterocycles. The first kappa shape index (κ1) is 13.0. The molecule has 1 aromatic carbocycles. The summed E-state index contributed by atoms with van der Waals surface area (Å²) in [4.78, 5) is 0. The van der Waals surface area contributed by atoms with Crippen LogP contribution >= 0.6 is 0 Å². The molecule has 1 unspecified atom stereocenters. The van der Waals surface area contributed by atoms with E-state index in [-0.39, 0.29) is 0 Å². The van der Waals surface area contributed by atoms with Crippen LogP contribution in [-0.2, 0) is 6.42 Å². The Morgan fingerprint density at radius 1 is 1.31 bits per heavy atom. The topological polar surface area (TPSA) is 21.3 Å². The van der Waals surface area contributed by atoms with Crippen LogP contribution in [0.2, 0.25) is 0 Å². The molecule has 1 N–H and O–H groups in total. The summed E-state index contributed by atoms with van der Waals surface area (Å²) in [5, 5.41) is 3.38. The monoisotopic (exact) mass is 221 g/mol. The number of unbranched alkanes of at least 4 members (excludes halogenated alkanes) is 1. The molecule has 0 aromatic heterocycles. The quantitative estimate of drug-likeness (QED) is 0.764. The molecule has 2 nitrogen and oxygen atoms in total. The first-order valence-corrected chi connectivity index (χ1v) is 6.11. The second-order valence-corrected chi connectivity index (χ2v) is 4.14. The Labute approximate surface area is 99.0 Å². The van der Waals surface area contributed by atoms with Crippen molar-refractivity contribution in [3.63, 3.8) is 0 Å². The molecule has 0 bridgehead atoms. The van der Waals surface area contributed by atoms with Crippen LogP contribution in [0.1, 0.15) is 31.7 Å². The molecule has 0 aliphatic carbocycles. The first-order chi connectivity index (χ1) is 7.81. The van der Waals surface area contributed by atoms with Crippen molar-refractivity contribution in [1.82, 2.24) is 5.32 Å². The SMILES string of the molecule is CCCCC(Cc1ccccc1OC)NC. The van der Waals surface area contributed by atoms with Crippen molar-refractivity contribution in [2.75, 3.05) is 14.2 Å². The molecule has 90 valence electrons. The third kappa shape index (κ3) is 3.86. The van der Waals surface area contributed by atoms with E-state index in [0.29, 0.717) is 6.04 Å². The van der Waals surface area contributed by atoms with Crippen LogP contribution in [-0.4, -0.2) is 20.2 Å². The Morgan fingerprint density at radius 2 is 2.06 bits per heavy atom. The number of likely N-dealkylation sites (N-methyl/N-ethyl adjacent to an activating group) is 1. The predicted octanol–water partition coefficient (Wildman–Crippen LogP) is 3.02. The molecule has 16 heavy (non-hydrogen) atoms. The second kappa shape index (κ2) is 7.29. The number of rotatable bonds is 7. The minimum atomic E-state index is 0.552. The number of ether oxygens (including phenoxy) is 1. The molecule has 0 aliphatic rings. The fourth-order valence-electron chi connectivity index (χ4n) is 1.94. The Hall–Kier alpha value is -1.02. The van der Waals surface area contributed by atoms with Gasteiger partial charge in [0.2, 0.25) is 0 Å². The van der Waals surface area contributed by atoms with Crippen molar-refractivity contribution >= 4 is 0 Å². The maximum absolute atomic E-state index is 5.37. The van der Waals surface area contributed by atoms with Crippen molar-refractivity contribution in [3.05, 3.63) is 29.8 Å². The molecule has 0 radical (unpaired) electrons. The predicted molar refractivity (Wildman–Crippen MR) is 69.1 cm³/mol. The van der Waals surface area contributed by atoms with Crippen LogP contribution < -0.4 is 10.1 Å². The molecule has 0 amide bonds. The van der Waals surface area contributed by atoms with Crippen molar-refractivity contribution in [1.29, 1.82) is 0 Å². The number of hydrogen-bond acceptors (Lipinski definition) is 2. The van der Waals surface area contributed by atoms with Crippen LogP contribution in [0.3, 0.4) is 0 Å². The average molecular weight is 221 g/mol. The molecule has 0 saturated carbocycles. The first-order valence-electron chi connectivity index (χ1n) is 6.11. The molecular weight excluding hydrogens is 198 g/mol. The highest BCUT2D eigenvalue weighted by molar-refractivity contribution is 5.33. The molecule has 0 fully saturated rings. The number of para-hydroxylation sites is 1. The van der Waals surface area contributed by atoms with Gasteiger partial charge in [0.05, 0.1) is 7.11 Å². The molecule has 1 aromatic rings. The molecular formula is C14H23NO. The fraction of sp³-hybridized carbons (Fsp3) is 0.571. The van der Waals surface area contributed by atoms with E-state index in [4.69, 9.17) is 4.74 Å². The standard InChI is InChI=1S/C14H23NO/c1-4-5-9-13(15-2)11-12-8-6-7-10-14(12)16-3/h6-8,10,13,15H,4-5,9,11H2,1-3H3. The zero-order valence-corrected chi connectivity index (χ0v) is 10.6. The van der Waals surface area contributed by atoms with Gasteiger partial charge in [-0.2, -0.15) is 0 Å². The molecule has 0 spiro atoms. The van der Waals surface area contributed by atoms with Gasteiger partial charge in [-0.3, -0.25) is 0 Å². The van der Waals surface area contributed by atoms with Gasteiger partial charge < -0.3 is 10.1 Å². The summed E-state index contributed by atoms with van der Waals surface area (Å²) in [6, 6.07) is 8.82. The van der Waals surface area contributed by atoms with Crippen molar-refractivity contribution in [2.24, 2.45) is 0 Å². The van der Waals surface area contributed by atoms with Crippen molar-refractivity contribution < 1.29 is 4.74 Å². The molecule has 1 rings (SSSR count). The van der Waals surface area contributed by atoms with Crippen LogP contribution in [0.5, 0.6) is 5.75 Å². The number of hydrogen-bond donors (Lipinski definition) is 1. The zero-order valence-electron chi connectivity index (χ0n) is 10.6. The van der Waals surface area contributed by atoms with E-state index in [0.717, 1.165) is 12.2 Å². The van der Waals surface area contributed by atoms with Gasteiger partial charge in [-0.25, -0.2) is 0 Å². The summed E-state index contributed by atoms with van der Waals surface area (Å²) in [6.45, 7) is 2.23. The van der Waals surface area contributed by atoms with Gasteiger partial charge >= 0.3 is 0 Å². The maximum Gasteiger partial charge on any atom is 0.122 e. The maximum atomic E-state index is 5.37. The highest BCUT2D eigenvalue weighted by atomic mass is 16.5. The number of benzene rings is 1. The van der Waals surface area contributed by atoms with Crippen molar-refractivity contribution in [3.8, 4) is 5.75 Å². The van der Waals surface area contributed by atoms with E-state index in [2.05, 4.69) is 24.4 Å². The molecule has 0 saturated heterocycles. The third-order valence-electron chi connectivity index (χ3n) is 2.97. The van der Waals surface area contributed by atoms with Gasteiger partial charge in [-0.15, -0.1) is 0 Å². The number of nitrogens with one attached hydrogen (secondary N) is 1. The lowest BCUT2D eigenvalue weighted by molar-refractivity contribution is 0.403. The second-order valence-electron chi connectivity index (χ2n) is 4.14. The highest BCUT2D eigenvalue weighted by Crippen LogP contribution is 2.20. The van der Waals surface area contributed by atoms with Crippen LogP contribution in [0.4, 0.5) is 0 Å². The van der Waals surface area contributed by atoms with Crippen LogP contribution in [0.25, 0.3) is 0 Å². The van der Waals surface area contributed by atoms with E-state index in [1.165, 1.54) is 24.8 Å². The van der Waals surface area contributed by atoms with E-state index >= 15 is 0 Å². The van der Waals surface area contributed by atoms with Gasteiger partial charge in [-0.1, -0.05) is 38.0 Å². The normalized spacial score (nSPS) is 12.4. The zero-order chi connectivity index (χ0) is 11.8. The van der Waals surface area contributed by atoms with Crippen LogP contribution in [0.15, 0.2) is 24.3 Å². The van der Waals surface area contributed by atoms with Gasteiger partial charge in [-0.05, 0) is 31.5 Å². The molecule has 1 atom stereocenters. The lowest BCUT2D eigenvalue weighted by Gasteiger charge is -2.17. The Balaban J connectivity index is 2.62. The Bertz CT molecular complexity index is 299. The lowest BCUT2D eigenvalue weighted by atomic mass is 10.0. The lowest BCUT2D eigenvalue weighted by Crippen LogP contribution is -2.27. The van der Waals surface area contributed by atoms with Gasteiger partial charge in [0.15, 0.2) is 0 Å². The Kier molecular flexibility index (Phi) is 5.94. The van der Waals surface area contributed by atoms with E-state index in [9.17, 15) is 0 Å². The van der Waals surface area contributed by atoms with E-state index in [1.54, 1.807) is 7.11 Å². The highest BCUT2D eigenvalue weighted by Gasteiger charge is 2.09. The summed E-state index contributed by atoms with van der Waals surface area (Å²) in [5.41, 5.74) is 1.29. The summed E-state index contributed by atoms with van der Waals surface area (Å²) in [5.74, 6) is 0.999. The third-order valence-corrected chi connectivity index (χ3v) is 2.97. The van der Waals surface area contributed by atoms with Crippen LogP contribution in [0, 0.1) is 0 Å². The van der Waals surface area contributed by atoms with Crippen molar-refractivity contribution in [2.45, 2.75) is 38.6 Å². The summed E-state index contributed by atoms with van der Waals surface area (Å²) >= 11 is 0. The average Bonchev–Trinajstić information content (AvgIpc) is 2.34. The number of methoxy groups -OCH3 is 1. The Morgan fingerprint density at radius 3 is 2.69 bits per heavy atom. The van der Waals surface area contributed by atoms with E-state index in [1.807, 2.05) is 19.2 Å². The molecule has 0 aliphatic heterocycles. The smallest absolute Gasteiger partial charge is 0.122 e.